The van der Waals surface area contributed by atoms with Crippen molar-refractivity contribution < 1.29 is 14.3 Å². The third kappa shape index (κ3) is 5.01. The van der Waals surface area contributed by atoms with Gasteiger partial charge in [-0.15, -0.1) is 0 Å². The van der Waals surface area contributed by atoms with Crippen LogP contribution < -0.4 is 20.3 Å². The minimum absolute atomic E-state index is 0.192. The van der Waals surface area contributed by atoms with E-state index in [9.17, 15) is 9.59 Å². The predicted octanol–water partition coefficient (Wildman–Crippen LogP) is 3.68. The Hall–Kier alpha value is -3.26. The van der Waals surface area contributed by atoms with Gasteiger partial charge in [0.1, 0.15) is 5.03 Å². The van der Waals surface area contributed by atoms with Crippen molar-refractivity contribution in [3.8, 4) is 17.2 Å². The average molecular weight is 426 g/mol. The SMILES string of the molecule is COc1ccc(NC(=O)C(C)Sc2ccc(=O)n(-c3ccc(C)cc3)n2)cc1OC. The monoisotopic (exact) mass is 425 g/mol. The lowest BCUT2D eigenvalue weighted by Crippen LogP contribution is -2.24. The number of methoxy groups -OCH3 is 2. The van der Waals surface area contributed by atoms with Crippen molar-refractivity contribution >= 4 is 23.4 Å². The van der Waals surface area contributed by atoms with E-state index in [1.54, 1.807) is 38.3 Å². The normalized spacial score (nSPS) is 11.6. The summed E-state index contributed by atoms with van der Waals surface area (Å²) in [7, 11) is 3.09. The van der Waals surface area contributed by atoms with Gasteiger partial charge in [0.25, 0.3) is 5.56 Å². The van der Waals surface area contributed by atoms with Crippen LogP contribution in [0, 0.1) is 6.92 Å². The quantitative estimate of drug-likeness (QED) is 0.582. The highest BCUT2D eigenvalue weighted by Gasteiger charge is 2.17. The first-order chi connectivity index (χ1) is 14.4. The number of ether oxygens (including phenoxy) is 2. The number of carbonyl (C=O) groups excluding carboxylic acids is 1. The molecule has 3 rings (SSSR count). The van der Waals surface area contributed by atoms with Crippen molar-refractivity contribution in [1.82, 2.24) is 9.78 Å². The number of benzene rings is 2. The van der Waals surface area contributed by atoms with E-state index in [4.69, 9.17) is 9.47 Å². The molecule has 1 unspecified atom stereocenters. The summed E-state index contributed by atoms with van der Waals surface area (Å²) in [5.41, 5.74) is 2.14. The summed E-state index contributed by atoms with van der Waals surface area (Å²) in [6.07, 6.45) is 0. The van der Waals surface area contributed by atoms with Crippen LogP contribution in [0.25, 0.3) is 5.69 Å². The molecule has 0 radical (unpaired) electrons. The highest BCUT2D eigenvalue weighted by molar-refractivity contribution is 8.00. The number of thioether (sulfide) groups is 1. The van der Waals surface area contributed by atoms with Gasteiger partial charge in [0, 0.05) is 17.8 Å². The Kier molecular flexibility index (Phi) is 6.79. The van der Waals surface area contributed by atoms with Crippen LogP contribution in [0.2, 0.25) is 0 Å². The molecule has 8 heteroatoms. The van der Waals surface area contributed by atoms with E-state index < -0.39 is 5.25 Å². The second-order valence-electron chi connectivity index (χ2n) is 6.58. The highest BCUT2D eigenvalue weighted by atomic mass is 32.2. The summed E-state index contributed by atoms with van der Waals surface area (Å²) in [6, 6.07) is 15.8. The molecule has 1 atom stereocenters. The summed E-state index contributed by atoms with van der Waals surface area (Å²) in [5, 5.41) is 7.40. The fraction of sp³-hybridized carbons (Fsp3) is 0.227. The maximum atomic E-state index is 12.6. The second-order valence-corrected chi connectivity index (χ2v) is 7.94. The van der Waals surface area contributed by atoms with Crippen molar-refractivity contribution in [3.05, 3.63) is 70.5 Å². The average Bonchev–Trinajstić information content (AvgIpc) is 2.75. The van der Waals surface area contributed by atoms with Crippen LogP contribution >= 0.6 is 11.8 Å². The molecule has 0 bridgehead atoms. The minimum atomic E-state index is -0.436. The Bertz CT molecular complexity index is 1100. The van der Waals surface area contributed by atoms with Crippen LogP contribution in [0.1, 0.15) is 12.5 Å². The third-order valence-corrected chi connectivity index (χ3v) is 5.40. The van der Waals surface area contributed by atoms with Gasteiger partial charge >= 0.3 is 0 Å². The van der Waals surface area contributed by atoms with Crippen LogP contribution in [0.4, 0.5) is 5.69 Å². The Balaban J connectivity index is 1.73. The molecule has 156 valence electrons. The smallest absolute Gasteiger partial charge is 0.271 e. The molecule has 1 N–H and O–H groups in total. The van der Waals surface area contributed by atoms with E-state index in [0.29, 0.717) is 27.9 Å². The summed E-state index contributed by atoms with van der Waals surface area (Å²) in [6.45, 7) is 3.76. The number of hydrogen-bond acceptors (Lipinski definition) is 6. The first-order valence-electron chi connectivity index (χ1n) is 9.28. The van der Waals surface area contributed by atoms with Gasteiger partial charge < -0.3 is 14.8 Å². The number of anilines is 1. The van der Waals surface area contributed by atoms with Crippen molar-refractivity contribution in [2.75, 3.05) is 19.5 Å². The van der Waals surface area contributed by atoms with Crippen LogP contribution in [-0.4, -0.2) is 35.2 Å². The van der Waals surface area contributed by atoms with Gasteiger partial charge in [-0.3, -0.25) is 9.59 Å². The molecule has 0 aliphatic heterocycles. The number of rotatable bonds is 7. The Morgan fingerprint density at radius 2 is 1.73 bits per heavy atom. The maximum Gasteiger partial charge on any atom is 0.271 e. The number of aromatic nitrogens is 2. The van der Waals surface area contributed by atoms with E-state index in [0.717, 1.165) is 5.56 Å². The van der Waals surface area contributed by atoms with Crippen LogP contribution in [0.3, 0.4) is 0 Å². The number of hydrogen-bond donors (Lipinski definition) is 1. The number of amides is 1. The summed E-state index contributed by atoms with van der Waals surface area (Å²) in [5.74, 6) is 0.921. The minimum Gasteiger partial charge on any atom is -0.493 e. The van der Waals surface area contributed by atoms with Crippen molar-refractivity contribution in [1.29, 1.82) is 0 Å². The van der Waals surface area contributed by atoms with E-state index in [1.807, 2.05) is 31.2 Å². The fourth-order valence-corrected chi connectivity index (χ4v) is 3.52. The summed E-state index contributed by atoms with van der Waals surface area (Å²) >= 11 is 1.27. The standard InChI is InChI=1S/C22H23N3O4S/c1-14-5-8-17(9-6-14)25-21(26)12-11-20(24-25)30-15(2)22(27)23-16-7-10-18(28-3)19(13-16)29-4/h5-13,15H,1-4H3,(H,23,27). The third-order valence-electron chi connectivity index (χ3n) is 4.37. The Morgan fingerprint density at radius 3 is 2.40 bits per heavy atom. The van der Waals surface area contributed by atoms with Gasteiger partial charge in [-0.2, -0.15) is 9.78 Å². The van der Waals surface area contributed by atoms with E-state index in [1.165, 1.54) is 29.6 Å². The zero-order valence-corrected chi connectivity index (χ0v) is 18.0. The lowest BCUT2D eigenvalue weighted by molar-refractivity contribution is -0.115. The molecule has 1 amide bonds. The van der Waals surface area contributed by atoms with Crippen molar-refractivity contribution in [2.24, 2.45) is 0 Å². The molecule has 7 nitrogen and oxygen atoms in total. The maximum absolute atomic E-state index is 12.6. The van der Waals surface area contributed by atoms with Crippen LogP contribution in [0.15, 0.2) is 64.4 Å². The number of nitrogens with one attached hydrogen (secondary N) is 1. The largest absolute Gasteiger partial charge is 0.493 e. The van der Waals surface area contributed by atoms with Gasteiger partial charge in [0.2, 0.25) is 5.91 Å². The van der Waals surface area contributed by atoms with E-state index >= 15 is 0 Å². The van der Waals surface area contributed by atoms with Crippen molar-refractivity contribution in [3.63, 3.8) is 0 Å². The molecule has 3 aromatic rings. The first kappa shape index (κ1) is 21.4. The van der Waals surface area contributed by atoms with Crippen LogP contribution in [-0.2, 0) is 4.79 Å². The summed E-state index contributed by atoms with van der Waals surface area (Å²) < 4.78 is 11.8. The lowest BCUT2D eigenvalue weighted by Gasteiger charge is -2.14. The number of carbonyl (C=O) groups is 1. The molecule has 0 saturated heterocycles. The molecule has 0 fully saturated rings. The van der Waals surface area contributed by atoms with Gasteiger partial charge in [-0.1, -0.05) is 29.5 Å². The Labute approximate surface area is 179 Å². The number of nitrogens with zero attached hydrogens (tertiary/aromatic N) is 2. The zero-order chi connectivity index (χ0) is 21.7. The molecule has 2 aromatic carbocycles. The highest BCUT2D eigenvalue weighted by Crippen LogP contribution is 2.30. The van der Waals surface area contributed by atoms with Gasteiger partial charge in [0.05, 0.1) is 25.2 Å². The van der Waals surface area contributed by atoms with Gasteiger partial charge in [0.15, 0.2) is 11.5 Å². The predicted molar refractivity (Wildman–Crippen MR) is 118 cm³/mol. The molecule has 0 aliphatic rings. The second kappa shape index (κ2) is 9.49. The van der Waals surface area contributed by atoms with Crippen LogP contribution in [0.5, 0.6) is 11.5 Å². The molecule has 0 aliphatic carbocycles. The topological polar surface area (TPSA) is 82.5 Å². The fourth-order valence-electron chi connectivity index (χ4n) is 2.72. The number of aryl methyl sites for hydroxylation is 1. The molecular formula is C22H23N3O4S. The molecule has 1 heterocycles. The molecule has 0 saturated carbocycles. The van der Waals surface area contributed by atoms with Crippen molar-refractivity contribution in [2.45, 2.75) is 24.1 Å². The molecule has 0 spiro atoms. The molecule has 30 heavy (non-hydrogen) atoms. The summed E-state index contributed by atoms with van der Waals surface area (Å²) in [4.78, 5) is 24.9. The van der Waals surface area contributed by atoms with E-state index in [-0.39, 0.29) is 11.5 Å². The first-order valence-corrected chi connectivity index (χ1v) is 10.2. The van der Waals surface area contributed by atoms with E-state index in [2.05, 4.69) is 10.4 Å². The zero-order valence-electron chi connectivity index (χ0n) is 17.2. The lowest BCUT2D eigenvalue weighted by atomic mass is 10.2. The molecular weight excluding hydrogens is 402 g/mol. The Morgan fingerprint density at radius 1 is 1.03 bits per heavy atom. The molecule has 1 aromatic heterocycles. The van der Waals surface area contributed by atoms with Gasteiger partial charge in [-0.05, 0) is 44.2 Å². The van der Waals surface area contributed by atoms with Gasteiger partial charge in [-0.25, -0.2) is 0 Å².